The van der Waals surface area contributed by atoms with Crippen molar-refractivity contribution in [3.8, 4) is 39.9 Å². The van der Waals surface area contributed by atoms with Crippen LogP contribution in [0.25, 0.3) is 28.0 Å². The maximum atomic E-state index is 14.1. The summed E-state index contributed by atoms with van der Waals surface area (Å²) >= 11 is 0. The number of rotatable bonds is 8. The minimum Gasteiger partial charge on any atom is -0.497 e. The van der Waals surface area contributed by atoms with Crippen molar-refractivity contribution >= 4 is 16.8 Å². The Hall–Kier alpha value is -5.32. The lowest BCUT2D eigenvalue weighted by molar-refractivity contribution is -0.143. The van der Waals surface area contributed by atoms with Crippen LogP contribution < -0.4 is 23.7 Å². The number of benzene rings is 5. The molecule has 52 heavy (non-hydrogen) atoms. The molecule has 0 spiro atoms. The number of alkyl halides is 6. The van der Waals surface area contributed by atoms with Gasteiger partial charge in [-0.3, -0.25) is 0 Å². The first-order valence-electron chi connectivity index (χ1n) is 16.7. The van der Waals surface area contributed by atoms with Crippen LogP contribution in [0.5, 0.6) is 28.7 Å². The van der Waals surface area contributed by atoms with Crippen LogP contribution in [0.3, 0.4) is 0 Å². The van der Waals surface area contributed by atoms with E-state index in [1.54, 1.807) is 81.0 Å². The first kappa shape index (κ1) is 33.8. The van der Waals surface area contributed by atoms with Crippen LogP contribution in [0.2, 0.25) is 0 Å². The summed E-state index contributed by atoms with van der Waals surface area (Å²) in [5.41, 5.74) is 0.816. The molecule has 5 nitrogen and oxygen atoms in total. The first-order valence-corrected chi connectivity index (χ1v) is 16.7. The van der Waals surface area contributed by atoms with E-state index in [1.165, 1.54) is 0 Å². The van der Waals surface area contributed by atoms with Crippen LogP contribution in [0.15, 0.2) is 91.0 Å². The molecule has 2 aliphatic heterocycles. The third-order valence-electron chi connectivity index (χ3n) is 10.4. The molecular formula is C41H32F6O5. The van der Waals surface area contributed by atoms with E-state index in [0.29, 0.717) is 78.5 Å². The predicted octanol–water partition coefficient (Wildman–Crippen LogP) is 10.9. The molecule has 5 aromatic rings. The van der Waals surface area contributed by atoms with Gasteiger partial charge in [-0.05, 0) is 83.0 Å². The van der Waals surface area contributed by atoms with E-state index in [1.807, 2.05) is 30.3 Å². The summed E-state index contributed by atoms with van der Waals surface area (Å²) in [6.45, 7) is -0.0455. The molecule has 0 amide bonds. The van der Waals surface area contributed by atoms with Crippen LogP contribution in [-0.4, -0.2) is 33.4 Å². The Kier molecular flexibility index (Phi) is 7.89. The third-order valence-corrected chi connectivity index (χ3v) is 10.4. The Morgan fingerprint density at radius 3 is 1.77 bits per heavy atom. The largest absolute Gasteiger partial charge is 0.497 e. The van der Waals surface area contributed by atoms with Crippen LogP contribution in [0.1, 0.15) is 53.5 Å². The Bertz CT molecular complexity index is 2140. The van der Waals surface area contributed by atoms with E-state index >= 15 is 0 Å². The smallest absolute Gasteiger partial charge is 0.389 e. The van der Waals surface area contributed by atoms with Crippen LogP contribution >= 0.6 is 0 Å². The second kappa shape index (κ2) is 12.1. The highest BCUT2D eigenvalue weighted by molar-refractivity contribution is 6.09. The molecule has 268 valence electrons. The second-order valence-corrected chi connectivity index (χ2v) is 13.2. The van der Waals surface area contributed by atoms with Gasteiger partial charge in [0.05, 0.1) is 14.2 Å². The van der Waals surface area contributed by atoms with Gasteiger partial charge in [0.15, 0.2) is 17.1 Å². The maximum absolute atomic E-state index is 14.1. The molecule has 0 unspecified atom stereocenters. The molecule has 3 aliphatic rings. The molecule has 0 saturated heterocycles. The average Bonchev–Trinajstić information content (AvgIpc) is 3.72. The SMILES string of the molecule is COc1ccc(C2(c3ccc(OC)cc3)C=Cc3c4c(c5cc6c(cc5c3O2)OCO6)-c2ccccc2C4(CCC(F)(F)F)CCC(F)(F)F)cc1. The lowest BCUT2D eigenvalue weighted by Crippen LogP contribution is -2.36. The lowest BCUT2D eigenvalue weighted by atomic mass is 9.68. The molecule has 0 atom stereocenters. The third kappa shape index (κ3) is 5.48. The molecule has 0 N–H and O–H groups in total. The van der Waals surface area contributed by atoms with Gasteiger partial charge in [-0.2, -0.15) is 26.3 Å². The van der Waals surface area contributed by atoms with Gasteiger partial charge >= 0.3 is 12.4 Å². The van der Waals surface area contributed by atoms with Crippen LogP contribution in [0, 0.1) is 0 Å². The normalized spacial score (nSPS) is 16.2. The lowest BCUT2D eigenvalue weighted by Gasteiger charge is -2.40. The fourth-order valence-electron chi connectivity index (χ4n) is 8.07. The molecule has 2 heterocycles. The molecular weight excluding hydrogens is 686 g/mol. The first-order chi connectivity index (χ1) is 24.9. The Labute approximate surface area is 295 Å². The zero-order valence-electron chi connectivity index (χ0n) is 28.1. The van der Waals surface area contributed by atoms with Gasteiger partial charge in [0.25, 0.3) is 0 Å². The minimum atomic E-state index is -4.62. The van der Waals surface area contributed by atoms with Crippen molar-refractivity contribution < 1.29 is 50.0 Å². The Morgan fingerprint density at radius 1 is 0.692 bits per heavy atom. The maximum Gasteiger partial charge on any atom is 0.389 e. The van der Waals surface area contributed by atoms with E-state index in [-0.39, 0.29) is 6.79 Å². The topological polar surface area (TPSA) is 46.2 Å². The monoisotopic (exact) mass is 718 g/mol. The van der Waals surface area contributed by atoms with Crippen molar-refractivity contribution in [1.82, 2.24) is 0 Å². The molecule has 11 heteroatoms. The number of hydrogen-bond acceptors (Lipinski definition) is 5. The van der Waals surface area contributed by atoms with Crippen LogP contribution in [0.4, 0.5) is 26.3 Å². The fraction of sp³-hybridized carbons (Fsp3) is 0.268. The minimum absolute atomic E-state index is 0.0455. The summed E-state index contributed by atoms with van der Waals surface area (Å²) in [6.07, 6.45) is -9.36. The van der Waals surface area contributed by atoms with E-state index in [2.05, 4.69) is 0 Å². The summed E-state index contributed by atoms with van der Waals surface area (Å²) < 4.78 is 114. The number of methoxy groups -OCH3 is 2. The van der Waals surface area contributed by atoms with Gasteiger partial charge in [-0.25, -0.2) is 0 Å². The molecule has 0 radical (unpaired) electrons. The van der Waals surface area contributed by atoms with Crippen molar-refractivity contribution in [2.75, 3.05) is 21.0 Å². The van der Waals surface area contributed by atoms with E-state index in [0.717, 1.165) is 0 Å². The average molecular weight is 719 g/mol. The Morgan fingerprint density at radius 2 is 1.23 bits per heavy atom. The van der Waals surface area contributed by atoms with Crippen LogP contribution in [-0.2, 0) is 11.0 Å². The summed E-state index contributed by atoms with van der Waals surface area (Å²) in [6, 6.07) is 25.0. The molecule has 8 rings (SSSR count). The zero-order valence-corrected chi connectivity index (χ0v) is 28.1. The van der Waals surface area contributed by atoms with Gasteiger partial charge in [0.2, 0.25) is 6.79 Å². The van der Waals surface area contributed by atoms with E-state index < -0.39 is 49.1 Å². The summed E-state index contributed by atoms with van der Waals surface area (Å²) in [7, 11) is 3.11. The highest BCUT2D eigenvalue weighted by atomic mass is 19.4. The number of halogens is 6. The van der Waals surface area contributed by atoms with Crippen molar-refractivity contribution in [2.45, 2.75) is 49.1 Å². The standard InChI is InChI=1S/C41H32F6O5/c1-48-26-11-7-24(8-12-26)39(25-9-13-27(49-2)14-10-25)16-15-29-36-35(30-21-33-34(51-23-50-33)22-31(30)37(29)52-39)28-5-3-4-6-32(28)38(36,17-19-40(42,43)44)18-20-41(45,46)47/h3-16,21-22H,17-20,23H2,1-2H3. The number of ether oxygens (including phenoxy) is 5. The summed E-state index contributed by atoms with van der Waals surface area (Å²) in [4.78, 5) is 0. The van der Waals surface area contributed by atoms with Crippen molar-refractivity contribution in [3.63, 3.8) is 0 Å². The molecule has 5 aromatic carbocycles. The molecule has 1 aliphatic carbocycles. The van der Waals surface area contributed by atoms with Gasteiger partial charge in [-0.15, -0.1) is 0 Å². The highest BCUT2D eigenvalue weighted by Crippen LogP contribution is 2.62. The van der Waals surface area contributed by atoms with E-state index in [9.17, 15) is 26.3 Å². The predicted molar refractivity (Wildman–Crippen MR) is 183 cm³/mol. The second-order valence-electron chi connectivity index (χ2n) is 13.2. The molecule has 0 saturated carbocycles. The molecule has 0 bridgehead atoms. The summed E-state index contributed by atoms with van der Waals surface area (Å²) in [5, 5.41) is 1.14. The number of fused-ring (bicyclic) bond motifs is 9. The van der Waals surface area contributed by atoms with Crippen molar-refractivity contribution in [2.24, 2.45) is 0 Å². The van der Waals surface area contributed by atoms with Gasteiger partial charge < -0.3 is 23.7 Å². The van der Waals surface area contributed by atoms with Gasteiger partial charge in [0, 0.05) is 40.3 Å². The van der Waals surface area contributed by atoms with E-state index in [4.69, 9.17) is 23.7 Å². The Balaban J connectivity index is 1.46. The summed E-state index contributed by atoms with van der Waals surface area (Å²) in [5.74, 6) is 2.39. The van der Waals surface area contributed by atoms with Crippen molar-refractivity contribution in [3.05, 3.63) is 119 Å². The van der Waals surface area contributed by atoms with Gasteiger partial charge in [0.1, 0.15) is 17.2 Å². The van der Waals surface area contributed by atoms with Crippen molar-refractivity contribution in [1.29, 1.82) is 0 Å². The zero-order chi connectivity index (χ0) is 36.5. The number of hydrogen-bond donors (Lipinski definition) is 0. The molecule has 0 aromatic heterocycles. The quantitative estimate of drug-likeness (QED) is 0.150. The van der Waals surface area contributed by atoms with Gasteiger partial charge in [-0.1, -0.05) is 54.6 Å². The molecule has 0 fully saturated rings. The fourth-order valence-corrected chi connectivity index (χ4v) is 8.07. The highest BCUT2D eigenvalue weighted by Gasteiger charge is 2.51.